The van der Waals surface area contributed by atoms with Gasteiger partial charge in [-0.15, -0.1) is 0 Å². The molecular weight excluding hydrogens is 314 g/mol. The average Bonchev–Trinajstić information content (AvgIpc) is 2.41. The van der Waals surface area contributed by atoms with E-state index in [-0.39, 0.29) is 11.4 Å². The summed E-state index contributed by atoms with van der Waals surface area (Å²) in [6.45, 7) is 0.352. The molecule has 0 bridgehead atoms. The molecule has 0 aliphatic carbocycles. The summed E-state index contributed by atoms with van der Waals surface area (Å²) in [5.41, 5.74) is 1.47. The molecule has 0 saturated heterocycles. The van der Waals surface area contributed by atoms with Gasteiger partial charge in [-0.2, -0.15) is 5.26 Å². The van der Waals surface area contributed by atoms with Gasteiger partial charge in [-0.05, 0) is 51.8 Å². The second-order valence-corrected chi connectivity index (χ2v) is 4.76. The summed E-state index contributed by atoms with van der Waals surface area (Å²) in [6.07, 6.45) is 0. The predicted octanol–water partition coefficient (Wildman–Crippen LogP) is 4.21. The normalized spacial score (nSPS) is 10.0. The first-order valence-electron chi connectivity index (χ1n) is 5.47. The fraction of sp³-hybridized carbons (Fsp3) is 0.0714. The quantitative estimate of drug-likeness (QED) is 0.918. The number of hydrogen-bond acceptors (Lipinski definition) is 2. The van der Waals surface area contributed by atoms with E-state index in [2.05, 4.69) is 21.2 Å². The minimum Gasteiger partial charge on any atom is -0.380 e. The van der Waals surface area contributed by atoms with E-state index < -0.39 is 5.82 Å². The van der Waals surface area contributed by atoms with Crippen molar-refractivity contribution in [2.75, 3.05) is 5.32 Å². The second-order valence-electron chi connectivity index (χ2n) is 3.90. The van der Waals surface area contributed by atoms with Crippen LogP contribution in [0.15, 0.2) is 40.9 Å². The van der Waals surface area contributed by atoms with Crippen LogP contribution in [-0.2, 0) is 6.54 Å². The van der Waals surface area contributed by atoms with Gasteiger partial charge in [0.05, 0.1) is 15.7 Å². The Labute approximate surface area is 117 Å². The highest BCUT2D eigenvalue weighted by Crippen LogP contribution is 2.19. The van der Waals surface area contributed by atoms with Crippen LogP contribution in [0, 0.1) is 23.0 Å². The molecule has 0 heterocycles. The van der Waals surface area contributed by atoms with E-state index in [1.54, 1.807) is 12.1 Å². The molecule has 0 aromatic heterocycles. The Kier molecular flexibility index (Phi) is 4.13. The standard InChI is InChI=1S/C14H9BrF2N2/c15-12-3-1-9(5-13(12)17)8-19-14-4-2-11(16)6-10(14)7-18/h1-6,19H,8H2. The van der Waals surface area contributed by atoms with E-state index in [0.717, 1.165) is 11.6 Å². The Morgan fingerprint density at radius 1 is 1.16 bits per heavy atom. The highest BCUT2D eigenvalue weighted by Gasteiger charge is 2.05. The largest absolute Gasteiger partial charge is 0.380 e. The van der Waals surface area contributed by atoms with Crippen molar-refractivity contribution in [3.05, 3.63) is 63.6 Å². The predicted molar refractivity (Wildman–Crippen MR) is 72.5 cm³/mol. The summed E-state index contributed by atoms with van der Waals surface area (Å²) in [6, 6.07) is 10.6. The lowest BCUT2D eigenvalue weighted by Gasteiger charge is -2.08. The van der Waals surface area contributed by atoms with Crippen molar-refractivity contribution in [1.82, 2.24) is 0 Å². The molecule has 2 aromatic carbocycles. The molecule has 96 valence electrons. The summed E-state index contributed by atoms with van der Waals surface area (Å²) in [5, 5.41) is 11.9. The van der Waals surface area contributed by atoms with Crippen LogP contribution in [0.25, 0.3) is 0 Å². The van der Waals surface area contributed by atoms with E-state index >= 15 is 0 Å². The lowest BCUT2D eigenvalue weighted by Crippen LogP contribution is -2.02. The molecule has 0 fully saturated rings. The Balaban J connectivity index is 2.14. The zero-order valence-electron chi connectivity index (χ0n) is 9.75. The van der Waals surface area contributed by atoms with Crippen LogP contribution in [0.4, 0.5) is 14.5 Å². The number of anilines is 1. The molecule has 0 unspecified atom stereocenters. The van der Waals surface area contributed by atoms with Crippen LogP contribution in [-0.4, -0.2) is 0 Å². The first kappa shape index (κ1) is 13.5. The maximum absolute atomic E-state index is 13.3. The molecule has 5 heteroatoms. The number of benzene rings is 2. The monoisotopic (exact) mass is 322 g/mol. The highest BCUT2D eigenvalue weighted by atomic mass is 79.9. The first-order chi connectivity index (χ1) is 9.10. The summed E-state index contributed by atoms with van der Waals surface area (Å²) >= 11 is 3.08. The molecule has 0 spiro atoms. The minimum atomic E-state index is -0.461. The zero-order valence-corrected chi connectivity index (χ0v) is 11.3. The summed E-state index contributed by atoms with van der Waals surface area (Å²) in [7, 11) is 0. The van der Waals surface area contributed by atoms with Gasteiger partial charge in [0.2, 0.25) is 0 Å². The summed E-state index contributed by atoms with van der Waals surface area (Å²) in [5.74, 6) is -0.810. The number of halogens is 3. The van der Waals surface area contributed by atoms with Gasteiger partial charge in [-0.25, -0.2) is 8.78 Å². The van der Waals surface area contributed by atoms with Gasteiger partial charge in [0.1, 0.15) is 17.7 Å². The molecule has 1 N–H and O–H groups in total. The first-order valence-corrected chi connectivity index (χ1v) is 6.27. The average molecular weight is 323 g/mol. The third-order valence-electron chi connectivity index (χ3n) is 2.57. The van der Waals surface area contributed by atoms with Crippen LogP contribution in [0.3, 0.4) is 0 Å². The zero-order chi connectivity index (χ0) is 13.8. The van der Waals surface area contributed by atoms with Gasteiger partial charge < -0.3 is 5.32 Å². The van der Waals surface area contributed by atoms with Crippen molar-refractivity contribution in [3.63, 3.8) is 0 Å². The number of nitrogens with one attached hydrogen (secondary N) is 1. The van der Waals surface area contributed by atoms with Gasteiger partial charge >= 0.3 is 0 Å². The number of rotatable bonds is 3. The Morgan fingerprint density at radius 2 is 1.95 bits per heavy atom. The van der Waals surface area contributed by atoms with Crippen LogP contribution < -0.4 is 5.32 Å². The molecule has 0 aliphatic rings. The topological polar surface area (TPSA) is 35.8 Å². The van der Waals surface area contributed by atoms with Gasteiger partial charge in [0.15, 0.2) is 0 Å². The Morgan fingerprint density at radius 3 is 2.63 bits per heavy atom. The van der Waals surface area contributed by atoms with Gasteiger partial charge in [0, 0.05) is 6.54 Å². The lowest BCUT2D eigenvalue weighted by atomic mass is 10.1. The van der Waals surface area contributed by atoms with Crippen molar-refractivity contribution in [3.8, 4) is 6.07 Å². The number of nitrogens with zero attached hydrogens (tertiary/aromatic N) is 1. The smallest absolute Gasteiger partial charge is 0.137 e. The molecule has 2 rings (SSSR count). The van der Waals surface area contributed by atoms with E-state index in [4.69, 9.17) is 5.26 Å². The molecule has 0 radical (unpaired) electrons. The molecule has 0 amide bonds. The SMILES string of the molecule is N#Cc1cc(F)ccc1NCc1ccc(Br)c(F)c1. The fourth-order valence-electron chi connectivity index (χ4n) is 1.61. The van der Waals surface area contributed by atoms with Crippen molar-refractivity contribution in [2.24, 2.45) is 0 Å². The second kappa shape index (κ2) is 5.81. The van der Waals surface area contributed by atoms with Crippen molar-refractivity contribution in [1.29, 1.82) is 5.26 Å². The minimum absolute atomic E-state index is 0.220. The maximum Gasteiger partial charge on any atom is 0.137 e. The third-order valence-corrected chi connectivity index (χ3v) is 3.21. The Bertz CT molecular complexity index is 650. The third kappa shape index (κ3) is 3.30. The molecule has 2 aromatic rings. The van der Waals surface area contributed by atoms with Gasteiger partial charge in [-0.1, -0.05) is 6.07 Å². The van der Waals surface area contributed by atoms with E-state index in [1.165, 1.54) is 18.2 Å². The van der Waals surface area contributed by atoms with E-state index in [0.29, 0.717) is 16.7 Å². The van der Waals surface area contributed by atoms with Crippen molar-refractivity contribution in [2.45, 2.75) is 6.54 Å². The summed E-state index contributed by atoms with van der Waals surface area (Å²) < 4.78 is 26.7. The van der Waals surface area contributed by atoms with Crippen LogP contribution in [0.5, 0.6) is 0 Å². The van der Waals surface area contributed by atoms with Crippen LogP contribution in [0.2, 0.25) is 0 Å². The van der Waals surface area contributed by atoms with Gasteiger partial charge in [-0.3, -0.25) is 0 Å². The summed E-state index contributed by atoms with van der Waals surface area (Å²) in [4.78, 5) is 0. The molecule has 19 heavy (non-hydrogen) atoms. The molecule has 2 nitrogen and oxygen atoms in total. The molecule has 0 saturated carbocycles. The fourth-order valence-corrected chi connectivity index (χ4v) is 1.86. The Hall–Kier alpha value is -1.93. The van der Waals surface area contributed by atoms with E-state index in [9.17, 15) is 8.78 Å². The highest BCUT2D eigenvalue weighted by molar-refractivity contribution is 9.10. The van der Waals surface area contributed by atoms with Crippen molar-refractivity contribution < 1.29 is 8.78 Å². The van der Waals surface area contributed by atoms with Crippen LogP contribution >= 0.6 is 15.9 Å². The maximum atomic E-state index is 13.3. The molecular formula is C14H9BrF2N2. The number of hydrogen-bond donors (Lipinski definition) is 1. The van der Waals surface area contributed by atoms with Gasteiger partial charge in [0.25, 0.3) is 0 Å². The lowest BCUT2D eigenvalue weighted by molar-refractivity contribution is 0.619. The van der Waals surface area contributed by atoms with E-state index in [1.807, 2.05) is 6.07 Å². The molecule has 0 atom stereocenters. The van der Waals surface area contributed by atoms with Crippen LogP contribution in [0.1, 0.15) is 11.1 Å². The van der Waals surface area contributed by atoms with Crippen molar-refractivity contribution >= 4 is 21.6 Å². The number of nitriles is 1. The molecule has 0 aliphatic heterocycles.